The van der Waals surface area contributed by atoms with Crippen LogP contribution in [0.15, 0.2) is 0 Å². The molecule has 1 saturated heterocycles. The zero-order valence-corrected chi connectivity index (χ0v) is 8.86. The monoisotopic (exact) mass is 190 g/mol. The second-order valence-corrected chi connectivity index (χ2v) is 3.90. The maximum Gasteiger partial charge on any atom is 0.0860 e. The zero-order valence-electron chi connectivity index (χ0n) is 8.04. The quantitative estimate of drug-likeness (QED) is 0.658. The molecule has 1 rings (SSSR count). The van der Waals surface area contributed by atoms with Gasteiger partial charge in [0.25, 0.3) is 0 Å². The van der Waals surface area contributed by atoms with E-state index in [1.165, 1.54) is 6.42 Å². The lowest BCUT2D eigenvalue weighted by molar-refractivity contribution is 0.0216. The summed E-state index contributed by atoms with van der Waals surface area (Å²) >= 11 is 1.68. The molecule has 0 aromatic carbocycles. The second kappa shape index (κ2) is 5.07. The van der Waals surface area contributed by atoms with Gasteiger partial charge in [0.15, 0.2) is 0 Å². The van der Waals surface area contributed by atoms with Gasteiger partial charge in [0.05, 0.1) is 6.10 Å². The molecule has 0 bridgehead atoms. The molecule has 12 heavy (non-hydrogen) atoms. The summed E-state index contributed by atoms with van der Waals surface area (Å²) in [5.41, 5.74) is 0. The summed E-state index contributed by atoms with van der Waals surface area (Å²) in [4.78, 5) is 2.31. The number of likely N-dealkylation sites (tertiary alicyclic amines) is 1. The number of nitrogens with one attached hydrogen (secondary N) is 1. The van der Waals surface area contributed by atoms with Crippen LogP contribution in [-0.2, 0) is 4.74 Å². The third-order valence-electron chi connectivity index (χ3n) is 2.33. The van der Waals surface area contributed by atoms with Gasteiger partial charge in [-0.3, -0.25) is 4.72 Å². The van der Waals surface area contributed by atoms with Crippen molar-refractivity contribution in [2.45, 2.75) is 18.6 Å². The molecule has 1 fully saturated rings. The van der Waals surface area contributed by atoms with E-state index in [0.29, 0.717) is 12.1 Å². The van der Waals surface area contributed by atoms with Crippen LogP contribution in [0.25, 0.3) is 0 Å². The van der Waals surface area contributed by atoms with E-state index in [4.69, 9.17) is 4.74 Å². The first kappa shape index (κ1) is 10.3. The Morgan fingerprint density at radius 2 is 2.33 bits per heavy atom. The smallest absolute Gasteiger partial charge is 0.0860 e. The van der Waals surface area contributed by atoms with Crippen molar-refractivity contribution in [2.75, 3.05) is 33.5 Å². The highest BCUT2D eigenvalue weighted by atomic mass is 32.2. The van der Waals surface area contributed by atoms with Gasteiger partial charge in [0.2, 0.25) is 0 Å². The number of hydrogen-bond donors (Lipinski definition) is 1. The average Bonchev–Trinajstić information content (AvgIpc) is 2.08. The van der Waals surface area contributed by atoms with Crippen molar-refractivity contribution in [3.63, 3.8) is 0 Å². The lowest BCUT2D eigenvalue weighted by Gasteiger charge is -2.35. The molecule has 0 radical (unpaired) electrons. The maximum absolute atomic E-state index is 5.41. The van der Waals surface area contributed by atoms with Crippen molar-refractivity contribution >= 4 is 11.9 Å². The van der Waals surface area contributed by atoms with Crippen LogP contribution in [0.1, 0.15) is 6.42 Å². The molecule has 2 unspecified atom stereocenters. The molecular weight excluding hydrogens is 172 g/mol. The molecule has 1 aliphatic heterocycles. The van der Waals surface area contributed by atoms with E-state index in [2.05, 4.69) is 22.9 Å². The summed E-state index contributed by atoms with van der Waals surface area (Å²) in [5, 5.41) is 0. The predicted octanol–water partition coefficient (Wildman–Crippen LogP) is 0.573. The van der Waals surface area contributed by atoms with Crippen LogP contribution < -0.4 is 4.72 Å². The molecule has 0 aromatic rings. The van der Waals surface area contributed by atoms with Gasteiger partial charge in [0.1, 0.15) is 0 Å². The Labute approximate surface area is 79.0 Å². The van der Waals surface area contributed by atoms with E-state index >= 15 is 0 Å². The first-order chi connectivity index (χ1) is 5.77. The van der Waals surface area contributed by atoms with Crippen LogP contribution in [0.3, 0.4) is 0 Å². The van der Waals surface area contributed by atoms with E-state index < -0.39 is 0 Å². The van der Waals surface area contributed by atoms with Gasteiger partial charge in [-0.25, -0.2) is 0 Å². The van der Waals surface area contributed by atoms with E-state index in [0.717, 1.165) is 13.1 Å². The molecule has 0 saturated carbocycles. The summed E-state index contributed by atoms with van der Waals surface area (Å²) in [6, 6.07) is 0.515. The summed E-state index contributed by atoms with van der Waals surface area (Å²) in [7, 11) is 3.93. The fourth-order valence-corrected chi connectivity index (χ4v) is 2.17. The minimum atomic E-state index is 0.344. The normalized spacial score (nSPS) is 32.2. The van der Waals surface area contributed by atoms with Crippen LogP contribution >= 0.6 is 11.9 Å². The second-order valence-electron chi connectivity index (χ2n) is 3.25. The van der Waals surface area contributed by atoms with Crippen molar-refractivity contribution in [2.24, 2.45) is 0 Å². The topological polar surface area (TPSA) is 24.5 Å². The lowest BCUT2D eigenvalue weighted by Crippen LogP contribution is -2.50. The molecule has 0 amide bonds. The third-order valence-corrected chi connectivity index (χ3v) is 2.87. The van der Waals surface area contributed by atoms with Crippen molar-refractivity contribution in [3.05, 3.63) is 0 Å². The first-order valence-corrected chi connectivity index (χ1v) is 5.50. The van der Waals surface area contributed by atoms with Crippen LogP contribution in [-0.4, -0.2) is 50.5 Å². The Morgan fingerprint density at radius 3 is 2.92 bits per heavy atom. The standard InChI is InChI=1S/C8H18N2OS/c1-10-5-4-7(9-12-3)8(6-10)11-2/h7-9H,4-6H2,1-3H3. The van der Waals surface area contributed by atoms with Gasteiger partial charge in [-0.1, -0.05) is 11.9 Å². The molecule has 3 nitrogen and oxygen atoms in total. The number of methoxy groups -OCH3 is 1. The maximum atomic E-state index is 5.41. The largest absolute Gasteiger partial charge is 0.378 e. The fourth-order valence-electron chi connectivity index (χ4n) is 1.60. The molecular formula is C8H18N2OS. The Balaban J connectivity index is 2.39. The van der Waals surface area contributed by atoms with Crippen molar-refractivity contribution in [1.82, 2.24) is 9.62 Å². The van der Waals surface area contributed by atoms with E-state index in [9.17, 15) is 0 Å². The SMILES string of the molecule is COC1CN(C)CCC1NSC. The van der Waals surface area contributed by atoms with Crippen molar-refractivity contribution in [3.8, 4) is 0 Å². The molecule has 72 valence electrons. The van der Waals surface area contributed by atoms with Gasteiger partial charge < -0.3 is 9.64 Å². The Kier molecular flexibility index (Phi) is 4.35. The van der Waals surface area contributed by atoms with Gasteiger partial charge in [-0.2, -0.15) is 0 Å². The fraction of sp³-hybridized carbons (Fsp3) is 1.00. The van der Waals surface area contributed by atoms with Gasteiger partial charge in [0, 0.05) is 19.7 Å². The van der Waals surface area contributed by atoms with E-state index in [1.54, 1.807) is 19.1 Å². The summed E-state index contributed by atoms with van der Waals surface area (Å²) < 4.78 is 8.78. The summed E-state index contributed by atoms with van der Waals surface area (Å²) in [6.45, 7) is 2.20. The summed E-state index contributed by atoms with van der Waals surface area (Å²) in [6.07, 6.45) is 3.58. The molecule has 0 spiro atoms. The van der Waals surface area contributed by atoms with Gasteiger partial charge >= 0.3 is 0 Å². The minimum Gasteiger partial charge on any atom is -0.378 e. The van der Waals surface area contributed by atoms with Crippen molar-refractivity contribution in [1.29, 1.82) is 0 Å². The average molecular weight is 190 g/mol. The molecule has 2 atom stereocenters. The number of hydrogen-bond acceptors (Lipinski definition) is 4. The molecule has 4 heteroatoms. The Bertz CT molecular complexity index is 134. The van der Waals surface area contributed by atoms with Crippen molar-refractivity contribution < 1.29 is 4.74 Å². The van der Waals surface area contributed by atoms with Crippen LogP contribution in [0.5, 0.6) is 0 Å². The van der Waals surface area contributed by atoms with E-state index in [1.807, 2.05) is 0 Å². The highest BCUT2D eigenvalue weighted by molar-refractivity contribution is 7.96. The van der Waals surface area contributed by atoms with Crippen LogP contribution in [0.2, 0.25) is 0 Å². The number of rotatable bonds is 3. The third kappa shape index (κ3) is 2.62. The van der Waals surface area contributed by atoms with E-state index in [-0.39, 0.29) is 0 Å². The predicted molar refractivity (Wildman–Crippen MR) is 53.3 cm³/mol. The lowest BCUT2D eigenvalue weighted by atomic mass is 10.0. The van der Waals surface area contributed by atoms with Gasteiger partial charge in [-0.15, -0.1) is 0 Å². The molecule has 1 aliphatic rings. The molecule has 1 heterocycles. The highest BCUT2D eigenvalue weighted by Crippen LogP contribution is 2.13. The molecule has 1 N–H and O–H groups in total. The summed E-state index contributed by atoms with van der Waals surface area (Å²) in [5.74, 6) is 0. The minimum absolute atomic E-state index is 0.344. The van der Waals surface area contributed by atoms with Crippen LogP contribution in [0, 0.1) is 0 Å². The zero-order chi connectivity index (χ0) is 8.97. The number of nitrogens with zero attached hydrogens (tertiary/aromatic N) is 1. The van der Waals surface area contributed by atoms with Gasteiger partial charge in [-0.05, 0) is 26.3 Å². The Morgan fingerprint density at radius 1 is 1.58 bits per heavy atom. The number of likely N-dealkylation sites (N-methyl/N-ethyl adjacent to an activating group) is 1. The molecule has 0 aliphatic carbocycles. The number of ether oxygens (including phenoxy) is 1. The highest BCUT2D eigenvalue weighted by Gasteiger charge is 2.26. The first-order valence-electron chi connectivity index (χ1n) is 4.27. The molecule has 0 aromatic heterocycles. The Hall–Kier alpha value is 0.230. The van der Waals surface area contributed by atoms with Crippen LogP contribution in [0.4, 0.5) is 0 Å². The number of piperidine rings is 1.